The maximum atomic E-state index is 14.2. The maximum Gasteiger partial charge on any atom is 0.166 e. The minimum Gasteiger partial charge on any atom is -0.497 e. The molecule has 1 heterocycles. The zero-order valence-electron chi connectivity index (χ0n) is 11.9. The molecule has 0 radical (unpaired) electrons. The molecule has 108 valence electrons. The maximum absolute atomic E-state index is 14.2. The van der Waals surface area contributed by atoms with Gasteiger partial charge in [0, 0.05) is 12.6 Å². The van der Waals surface area contributed by atoms with Gasteiger partial charge in [0.2, 0.25) is 0 Å². The van der Waals surface area contributed by atoms with Crippen LogP contribution in [0.15, 0.2) is 18.2 Å². The number of ether oxygens (including phenoxy) is 1. The molecule has 1 aromatic carbocycles. The van der Waals surface area contributed by atoms with Crippen LogP contribution in [-0.4, -0.2) is 21.9 Å². The lowest BCUT2D eigenvalue weighted by Gasteiger charge is -2.12. The number of rotatable bonds is 5. The average Bonchev–Trinajstić information content (AvgIpc) is 2.80. The van der Waals surface area contributed by atoms with Gasteiger partial charge in [-0.15, -0.1) is 10.2 Å². The molecule has 0 aliphatic heterocycles. The fraction of sp³-hybridized carbons (Fsp3) is 0.429. The first-order chi connectivity index (χ1) is 9.56. The number of aromatic nitrogens is 3. The van der Waals surface area contributed by atoms with Gasteiger partial charge >= 0.3 is 0 Å². The van der Waals surface area contributed by atoms with E-state index in [9.17, 15) is 4.39 Å². The lowest BCUT2D eigenvalue weighted by molar-refractivity contribution is 0.411. The quantitative estimate of drug-likeness (QED) is 0.910. The molecule has 2 rings (SSSR count). The van der Waals surface area contributed by atoms with E-state index in [1.54, 1.807) is 12.1 Å². The van der Waals surface area contributed by atoms with E-state index in [0.717, 1.165) is 0 Å². The largest absolute Gasteiger partial charge is 0.497 e. The summed E-state index contributed by atoms with van der Waals surface area (Å²) in [7, 11) is 1.50. The van der Waals surface area contributed by atoms with Crippen molar-refractivity contribution in [2.75, 3.05) is 7.11 Å². The first kappa shape index (κ1) is 14.5. The van der Waals surface area contributed by atoms with Crippen LogP contribution in [0, 0.1) is 11.7 Å². The Morgan fingerprint density at radius 3 is 2.65 bits per heavy atom. The summed E-state index contributed by atoms with van der Waals surface area (Å²) in [5.74, 6) is 1.63. The number of hydrogen-bond acceptors (Lipinski definition) is 4. The molecule has 0 amide bonds. The van der Waals surface area contributed by atoms with Crippen LogP contribution >= 0.6 is 0 Å². The van der Waals surface area contributed by atoms with Gasteiger partial charge in [-0.1, -0.05) is 13.8 Å². The molecule has 0 bridgehead atoms. The van der Waals surface area contributed by atoms with Crippen molar-refractivity contribution < 1.29 is 9.13 Å². The van der Waals surface area contributed by atoms with Gasteiger partial charge < -0.3 is 15.0 Å². The second kappa shape index (κ2) is 6.00. The van der Waals surface area contributed by atoms with Crippen molar-refractivity contribution in [3.8, 4) is 17.1 Å². The monoisotopic (exact) mass is 278 g/mol. The molecule has 0 unspecified atom stereocenters. The van der Waals surface area contributed by atoms with Crippen LogP contribution in [0.3, 0.4) is 0 Å². The number of benzene rings is 1. The highest BCUT2D eigenvalue weighted by Crippen LogP contribution is 2.26. The number of methoxy groups -OCH3 is 1. The SMILES string of the molecule is COc1ccc(-c2nnc(CN)n2CC(C)C)c(F)c1. The van der Waals surface area contributed by atoms with Gasteiger partial charge in [0.25, 0.3) is 0 Å². The van der Waals surface area contributed by atoms with Crippen molar-refractivity contribution >= 4 is 0 Å². The van der Waals surface area contributed by atoms with E-state index < -0.39 is 0 Å². The summed E-state index contributed by atoms with van der Waals surface area (Å²) in [6.45, 7) is 5.13. The van der Waals surface area contributed by atoms with E-state index in [-0.39, 0.29) is 12.4 Å². The third-order valence-corrected chi connectivity index (χ3v) is 2.97. The second-order valence-electron chi connectivity index (χ2n) is 4.99. The van der Waals surface area contributed by atoms with Crippen molar-refractivity contribution in [2.24, 2.45) is 11.7 Å². The van der Waals surface area contributed by atoms with Gasteiger partial charge in [0.1, 0.15) is 17.4 Å². The predicted molar refractivity (Wildman–Crippen MR) is 74.7 cm³/mol. The van der Waals surface area contributed by atoms with E-state index in [0.29, 0.717) is 35.4 Å². The van der Waals surface area contributed by atoms with Crippen LogP contribution in [0.25, 0.3) is 11.4 Å². The summed E-state index contributed by atoms with van der Waals surface area (Å²) < 4.78 is 21.0. The molecule has 0 spiro atoms. The van der Waals surface area contributed by atoms with Crippen LogP contribution < -0.4 is 10.5 Å². The molecule has 0 fully saturated rings. The highest BCUT2D eigenvalue weighted by atomic mass is 19.1. The van der Waals surface area contributed by atoms with Gasteiger partial charge in [0.05, 0.1) is 19.2 Å². The fourth-order valence-electron chi connectivity index (χ4n) is 2.05. The van der Waals surface area contributed by atoms with Crippen LogP contribution in [0.4, 0.5) is 4.39 Å². The standard InChI is InChI=1S/C14H19FN4O/c1-9(2)8-19-13(7-16)17-18-14(19)11-5-4-10(20-3)6-12(11)15/h4-6,9H,7-8,16H2,1-3H3. The van der Waals surface area contributed by atoms with Crippen molar-refractivity contribution in [1.29, 1.82) is 0 Å². The lowest BCUT2D eigenvalue weighted by atomic mass is 10.1. The van der Waals surface area contributed by atoms with Gasteiger partial charge in [-0.2, -0.15) is 0 Å². The number of hydrogen-bond donors (Lipinski definition) is 1. The van der Waals surface area contributed by atoms with Gasteiger partial charge in [-0.25, -0.2) is 4.39 Å². The average molecular weight is 278 g/mol. The molecule has 20 heavy (non-hydrogen) atoms. The molecule has 0 aliphatic rings. The zero-order valence-corrected chi connectivity index (χ0v) is 11.9. The minimum atomic E-state index is -0.384. The lowest BCUT2D eigenvalue weighted by Crippen LogP contribution is -2.13. The third-order valence-electron chi connectivity index (χ3n) is 2.97. The minimum absolute atomic E-state index is 0.275. The van der Waals surface area contributed by atoms with Crippen LogP contribution in [-0.2, 0) is 13.1 Å². The first-order valence-corrected chi connectivity index (χ1v) is 6.52. The Bertz CT molecular complexity index is 595. The van der Waals surface area contributed by atoms with E-state index in [4.69, 9.17) is 10.5 Å². The highest BCUT2D eigenvalue weighted by Gasteiger charge is 2.17. The predicted octanol–water partition coefficient (Wildman–Crippen LogP) is 2.21. The van der Waals surface area contributed by atoms with E-state index in [2.05, 4.69) is 24.0 Å². The molecule has 0 atom stereocenters. The number of nitrogens with zero attached hydrogens (tertiary/aromatic N) is 3. The first-order valence-electron chi connectivity index (χ1n) is 6.52. The Balaban J connectivity index is 2.49. The summed E-state index contributed by atoms with van der Waals surface area (Å²) in [6, 6.07) is 4.69. The van der Waals surface area contributed by atoms with Crippen molar-refractivity contribution in [3.63, 3.8) is 0 Å². The summed E-state index contributed by atoms with van der Waals surface area (Å²) in [5, 5.41) is 8.12. The Labute approximate surface area is 117 Å². The van der Waals surface area contributed by atoms with E-state index >= 15 is 0 Å². The highest BCUT2D eigenvalue weighted by molar-refractivity contribution is 5.58. The number of nitrogens with two attached hydrogens (primary N) is 1. The van der Waals surface area contributed by atoms with Crippen molar-refractivity contribution in [1.82, 2.24) is 14.8 Å². The van der Waals surface area contributed by atoms with Crippen molar-refractivity contribution in [3.05, 3.63) is 29.8 Å². The molecule has 5 nitrogen and oxygen atoms in total. The second-order valence-corrected chi connectivity index (χ2v) is 4.99. The van der Waals surface area contributed by atoms with Crippen LogP contribution in [0.2, 0.25) is 0 Å². The summed E-state index contributed by atoms with van der Waals surface area (Å²) in [4.78, 5) is 0. The summed E-state index contributed by atoms with van der Waals surface area (Å²) in [6.07, 6.45) is 0. The molecule has 2 N–H and O–H groups in total. The molecule has 2 aromatic rings. The Kier molecular flexibility index (Phi) is 4.34. The molecule has 6 heteroatoms. The Morgan fingerprint density at radius 2 is 2.10 bits per heavy atom. The Hall–Kier alpha value is -1.95. The van der Waals surface area contributed by atoms with Crippen LogP contribution in [0.5, 0.6) is 5.75 Å². The topological polar surface area (TPSA) is 66.0 Å². The molecular weight excluding hydrogens is 259 g/mol. The van der Waals surface area contributed by atoms with E-state index in [1.165, 1.54) is 13.2 Å². The molecular formula is C14H19FN4O. The van der Waals surface area contributed by atoms with Crippen molar-refractivity contribution in [2.45, 2.75) is 26.9 Å². The molecule has 0 saturated carbocycles. The van der Waals surface area contributed by atoms with Gasteiger partial charge in [-0.3, -0.25) is 0 Å². The molecule has 0 aliphatic carbocycles. The Morgan fingerprint density at radius 1 is 1.35 bits per heavy atom. The molecule has 1 aromatic heterocycles. The van der Waals surface area contributed by atoms with Gasteiger partial charge in [-0.05, 0) is 18.1 Å². The number of halogens is 1. The summed E-state index contributed by atoms with van der Waals surface area (Å²) in [5.41, 5.74) is 6.07. The summed E-state index contributed by atoms with van der Waals surface area (Å²) >= 11 is 0. The smallest absolute Gasteiger partial charge is 0.166 e. The van der Waals surface area contributed by atoms with E-state index in [1.807, 2.05) is 4.57 Å². The van der Waals surface area contributed by atoms with Gasteiger partial charge in [0.15, 0.2) is 5.82 Å². The fourth-order valence-corrected chi connectivity index (χ4v) is 2.05. The zero-order chi connectivity index (χ0) is 14.7. The normalized spacial score (nSPS) is 11.1. The third kappa shape index (κ3) is 2.80. The van der Waals surface area contributed by atoms with Crippen LogP contribution in [0.1, 0.15) is 19.7 Å². The molecule has 0 saturated heterocycles.